The first-order valence-electron chi connectivity index (χ1n) is 8.13. The molecule has 0 bridgehead atoms. The van der Waals surface area contributed by atoms with Crippen molar-refractivity contribution in [1.29, 1.82) is 0 Å². The van der Waals surface area contributed by atoms with Gasteiger partial charge in [0.1, 0.15) is 5.78 Å². The fourth-order valence-electron chi connectivity index (χ4n) is 3.00. The molecule has 1 nitrogen and oxygen atoms in total. The van der Waals surface area contributed by atoms with Crippen LogP contribution in [0.5, 0.6) is 0 Å². The van der Waals surface area contributed by atoms with Crippen molar-refractivity contribution in [3.63, 3.8) is 0 Å². The van der Waals surface area contributed by atoms with Gasteiger partial charge in [-0.3, -0.25) is 4.79 Å². The van der Waals surface area contributed by atoms with Gasteiger partial charge < -0.3 is 0 Å². The van der Waals surface area contributed by atoms with Crippen LogP contribution in [0.15, 0.2) is 12.7 Å². The predicted molar refractivity (Wildman–Crippen MR) is 85.3 cm³/mol. The van der Waals surface area contributed by atoms with Gasteiger partial charge in [0.2, 0.25) is 0 Å². The van der Waals surface area contributed by atoms with Crippen LogP contribution in [-0.2, 0) is 4.79 Å². The Morgan fingerprint density at radius 2 is 2.05 bits per heavy atom. The smallest absolute Gasteiger partial charge is 0.133 e. The van der Waals surface area contributed by atoms with Crippen LogP contribution in [0.25, 0.3) is 0 Å². The standard InChI is InChI=1S/C16H28O.C2H6/c1-5-7-8-15(17)11-14-12-16(4,6-2)10-9-13(14)3;1-2/h5,13-14H,1,6-12H2,2-4H3;1-2H3. The van der Waals surface area contributed by atoms with Gasteiger partial charge in [-0.25, -0.2) is 0 Å². The molecule has 0 aromatic heterocycles. The molecule has 0 radical (unpaired) electrons. The zero-order valence-corrected chi connectivity index (χ0v) is 13.8. The molecular weight excluding hydrogens is 232 g/mol. The number of carbonyl (C=O) groups excluding carboxylic acids is 1. The largest absolute Gasteiger partial charge is 0.300 e. The van der Waals surface area contributed by atoms with Crippen LogP contribution in [0.4, 0.5) is 0 Å². The lowest BCUT2D eigenvalue weighted by Gasteiger charge is -2.41. The van der Waals surface area contributed by atoms with E-state index in [1.807, 2.05) is 19.9 Å². The molecule has 1 aliphatic rings. The summed E-state index contributed by atoms with van der Waals surface area (Å²) in [7, 11) is 0. The second-order valence-corrected chi connectivity index (χ2v) is 6.21. The minimum atomic E-state index is 0.433. The maximum atomic E-state index is 11.9. The van der Waals surface area contributed by atoms with Crippen LogP contribution in [-0.4, -0.2) is 5.78 Å². The van der Waals surface area contributed by atoms with E-state index in [-0.39, 0.29) is 0 Å². The molecule has 1 rings (SSSR count). The van der Waals surface area contributed by atoms with E-state index in [2.05, 4.69) is 27.4 Å². The van der Waals surface area contributed by atoms with Crippen molar-refractivity contribution < 1.29 is 4.79 Å². The Bertz CT molecular complexity index is 269. The van der Waals surface area contributed by atoms with Crippen LogP contribution in [0.2, 0.25) is 0 Å². The molecule has 0 spiro atoms. The molecule has 0 aromatic rings. The SMILES string of the molecule is C=CCCC(=O)CC1CC(C)(CC)CCC1C.CC. The fraction of sp³-hybridized carbons (Fsp3) is 0.833. The van der Waals surface area contributed by atoms with Gasteiger partial charge >= 0.3 is 0 Å². The third kappa shape index (κ3) is 6.40. The second kappa shape index (κ2) is 9.34. The molecule has 0 saturated heterocycles. The first kappa shape index (κ1) is 18.4. The highest BCUT2D eigenvalue weighted by Gasteiger charge is 2.35. The molecule has 0 aromatic carbocycles. The van der Waals surface area contributed by atoms with Gasteiger partial charge in [0.05, 0.1) is 0 Å². The number of allylic oxidation sites excluding steroid dienone is 1. The van der Waals surface area contributed by atoms with E-state index in [9.17, 15) is 4.79 Å². The summed E-state index contributed by atoms with van der Waals surface area (Å²) in [5.74, 6) is 1.77. The van der Waals surface area contributed by atoms with Crippen molar-refractivity contribution in [2.45, 2.75) is 79.6 Å². The molecule has 3 unspecified atom stereocenters. The Hall–Kier alpha value is -0.590. The molecule has 1 aliphatic carbocycles. The van der Waals surface area contributed by atoms with Gasteiger partial charge in [-0.05, 0) is 42.9 Å². The quantitative estimate of drug-likeness (QED) is 0.556. The Kier molecular flexibility index (Phi) is 9.05. The summed E-state index contributed by atoms with van der Waals surface area (Å²) < 4.78 is 0. The molecular formula is C18H34O. The highest BCUT2D eigenvalue weighted by Crippen LogP contribution is 2.45. The van der Waals surface area contributed by atoms with Gasteiger partial charge in [0.25, 0.3) is 0 Å². The molecule has 0 heterocycles. The monoisotopic (exact) mass is 266 g/mol. The summed E-state index contributed by atoms with van der Waals surface area (Å²) in [6, 6.07) is 0. The van der Waals surface area contributed by atoms with Crippen molar-refractivity contribution in [3.05, 3.63) is 12.7 Å². The van der Waals surface area contributed by atoms with Crippen LogP contribution >= 0.6 is 0 Å². The highest BCUT2D eigenvalue weighted by atomic mass is 16.1. The minimum Gasteiger partial charge on any atom is -0.300 e. The second-order valence-electron chi connectivity index (χ2n) is 6.21. The van der Waals surface area contributed by atoms with Gasteiger partial charge in [-0.15, -0.1) is 6.58 Å². The van der Waals surface area contributed by atoms with Gasteiger partial charge in [-0.2, -0.15) is 0 Å². The Labute approximate surface area is 120 Å². The predicted octanol–water partition coefficient (Wildman–Crippen LogP) is 5.79. The van der Waals surface area contributed by atoms with Crippen LogP contribution in [0.3, 0.4) is 0 Å². The molecule has 3 atom stereocenters. The molecule has 19 heavy (non-hydrogen) atoms. The average Bonchev–Trinajstić information content (AvgIpc) is 2.43. The number of Topliss-reactive ketones (excluding diaryl/α,β-unsaturated/α-hetero) is 1. The molecule has 0 amide bonds. The Balaban J connectivity index is 0.00000154. The number of ketones is 1. The normalized spacial score (nSPS) is 30.2. The van der Waals surface area contributed by atoms with Crippen molar-refractivity contribution in [1.82, 2.24) is 0 Å². The lowest BCUT2D eigenvalue weighted by atomic mass is 9.64. The van der Waals surface area contributed by atoms with E-state index in [0.29, 0.717) is 23.5 Å². The summed E-state index contributed by atoms with van der Waals surface area (Å²) >= 11 is 0. The molecule has 1 fully saturated rings. The van der Waals surface area contributed by atoms with Crippen LogP contribution in [0.1, 0.15) is 79.6 Å². The molecule has 1 heteroatoms. The average molecular weight is 266 g/mol. The summed E-state index contributed by atoms with van der Waals surface area (Å²) in [5, 5.41) is 0. The number of carbonyl (C=O) groups is 1. The number of rotatable bonds is 6. The summed E-state index contributed by atoms with van der Waals surface area (Å²) in [5.41, 5.74) is 0.482. The van der Waals surface area contributed by atoms with Crippen molar-refractivity contribution in [2.24, 2.45) is 17.3 Å². The molecule has 1 saturated carbocycles. The molecule has 0 N–H and O–H groups in total. The third-order valence-electron chi connectivity index (χ3n) is 4.73. The van der Waals surface area contributed by atoms with E-state index >= 15 is 0 Å². The first-order chi connectivity index (χ1) is 9.00. The topological polar surface area (TPSA) is 17.1 Å². The summed E-state index contributed by atoms with van der Waals surface area (Å²) in [6.07, 6.45) is 9.29. The Morgan fingerprint density at radius 3 is 2.58 bits per heavy atom. The van der Waals surface area contributed by atoms with Gasteiger partial charge in [-0.1, -0.05) is 47.1 Å². The minimum absolute atomic E-state index is 0.433. The van der Waals surface area contributed by atoms with E-state index in [1.165, 1.54) is 25.7 Å². The lowest BCUT2D eigenvalue weighted by Crippen LogP contribution is -2.31. The van der Waals surface area contributed by atoms with Crippen LogP contribution < -0.4 is 0 Å². The summed E-state index contributed by atoms with van der Waals surface area (Å²) in [6.45, 7) is 14.7. The van der Waals surface area contributed by atoms with Gasteiger partial charge in [0.15, 0.2) is 0 Å². The van der Waals surface area contributed by atoms with E-state index in [1.54, 1.807) is 0 Å². The van der Waals surface area contributed by atoms with E-state index < -0.39 is 0 Å². The van der Waals surface area contributed by atoms with Crippen molar-refractivity contribution >= 4 is 5.78 Å². The van der Waals surface area contributed by atoms with E-state index in [0.717, 1.165) is 18.8 Å². The highest BCUT2D eigenvalue weighted by molar-refractivity contribution is 5.78. The van der Waals surface area contributed by atoms with Crippen molar-refractivity contribution in [2.75, 3.05) is 0 Å². The summed E-state index contributed by atoms with van der Waals surface area (Å²) in [4.78, 5) is 11.9. The number of hydrogen-bond donors (Lipinski definition) is 0. The molecule has 112 valence electrons. The lowest BCUT2D eigenvalue weighted by molar-refractivity contribution is -0.121. The zero-order valence-electron chi connectivity index (χ0n) is 13.8. The van der Waals surface area contributed by atoms with Gasteiger partial charge in [0, 0.05) is 12.8 Å². The first-order valence-corrected chi connectivity index (χ1v) is 8.13. The number of hydrogen-bond acceptors (Lipinski definition) is 1. The molecule has 0 aliphatic heterocycles. The fourth-order valence-corrected chi connectivity index (χ4v) is 3.00. The Morgan fingerprint density at radius 1 is 1.42 bits per heavy atom. The zero-order chi connectivity index (χ0) is 14.9. The van der Waals surface area contributed by atoms with Crippen molar-refractivity contribution in [3.8, 4) is 0 Å². The van der Waals surface area contributed by atoms with E-state index in [4.69, 9.17) is 0 Å². The maximum absolute atomic E-state index is 11.9. The third-order valence-corrected chi connectivity index (χ3v) is 4.73. The maximum Gasteiger partial charge on any atom is 0.133 e. The van der Waals surface area contributed by atoms with Crippen LogP contribution in [0, 0.1) is 17.3 Å².